The van der Waals surface area contributed by atoms with Crippen LogP contribution < -0.4 is 0 Å². The smallest absolute Gasteiger partial charge is 0.246 e. The lowest BCUT2D eigenvalue weighted by Gasteiger charge is -2.38. The van der Waals surface area contributed by atoms with Crippen molar-refractivity contribution in [1.29, 1.82) is 5.26 Å². The first-order valence-corrected chi connectivity index (χ1v) is 7.59. The van der Waals surface area contributed by atoms with E-state index < -0.39 is 0 Å². The van der Waals surface area contributed by atoms with E-state index >= 15 is 0 Å². The molecule has 0 radical (unpaired) electrons. The number of carbonyl (C=O) groups is 1. The number of amides is 1. The number of benzene rings is 1. The fourth-order valence-electron chi connectivity index (χ4n) is 2.61. The fraction of sp³-hybridized carbons (Fsp3) is 0.444. The standard InChI is InChI=1S/C18H22N2O3/c1-4-17(21)20(10-15-7-5-6-14(8-15)9-19)11-16-12-22-13-18(2,3)23-16/h4-8,16H,1,10-13H2,2-3H3. The first-order chi connectivity index (χ1) is 10.9. The van der Waals surface area contributed by atoms with E-state index in [0.717, 1.165) is 5.56 Å². The highest BCUT2D eigenvalue weighted by Gasteiger charge is 2.31. The van der Waals surface area contributed by atoms with E-state index in [1.54, 1.807) is 17.0 Å². The Hall–Kier alpha value is -2.16. The van der Waals surface area contributed by atoms with Gasteiger partial charge in [0.15, 0.2) is 0 Å². The molecular weight excluding hydrogens is 292 g/mol. The van der Waals surface area contributed by atoms with Crippen LogP contribution in [0.15, 0.2) is 36.9 Å². The molecule has 0 bridgehead atoms. The third kappa shape index (κ3) is 4.92. The van der Waals surface area contributed by atoms with Crippen LogP contribution in [-0.4, -0.2) is 42.3 Å². The van der Waals surface area contributed by atoms with E-state index in [4.69, 9.17) is 14.7 Å². The summed E-state index contributed by atoms with van der Waals surface area (Å²) < 4.78 is 11.5. The molecule has 5 nitrogen and oxygen atoms in total. The van der Waals surface area contributed by atoms with Crippen LogP contribution in [0.4, 0.5) is 0 Å². The molecule has 1 unspecified atom stereocenters. The summed E-state index contributed by atoms with van der Waals surface area (Å²) in [4.78, 5) is 13.8. The lowest BCUT2D eigenvalue weighted by atomic mass is 10.1. The highest BCUT2D eigenvalue weighted by molar-refractivity contribution is 5.87. The predicted octanol–water partition coefficient (Wildman–Crippen LogP) is 2.27. The molecule has 0 aliphatic carbocycles. The molecule has 1 aliphatic heterocycles. The second-order valence-corrected chi connectivity index (χ2v) is 6.25. The molecule has 1 heterocycles. The monoisotopic (exact) mass is 314 g/mol. The molecule has 1 saturated heterocycles. The number of ether oxygens (including phenoxy) is 2. The maximum Gasteiger partial charge on any atom is 0.246 e. The number of nitrogens with zero attached hydrogens (tertiary/aromatic N) is 2. The van der Waals surface area contributed by atoms with Gasteiger partial charge in [0.2, 0.25) is 5.91 Å². The highest BCUT2D eigenvalue weighted by Crippen LogP contribution is 2.20. The summed E-state index contributed by atoms with van der Waals surface area (Å²) in [6, 6.07) is 9.34. The van der Waals surface area contributed by atoms with Gasteiger partial charge in [0, 0.05) is 13.1 Å². The van der Waals surface area contributed by atoms with Crippen molar-refractivity contribution in [2.24, 2.45) is 0 Å². The van der Waals surface area contributed by atoms with Crippen LogP contribution >= 0.6 is 0 Å². The van der Waals surface area contributed by atoms with Gasteiger partial charge in [-0.05, 0) is 37.6 Å². The van der Waals surface area contributed by atoms with Gasteiger partial charge in [0.25, 0.3) is 0 Å². The molecule has 122 valence electrons. The molecule has 5 heteroatoms. The number of rotatable bonds is 5. The normalized spacial score (nSPS) is 19.6. The summed E-state index contributed by atoms with van der Waals surface area (Å²) in [5.74, 6) is -0.167. The van der Waals surface area contributed by atoms with Crippen molar-refractivity contribution in [3.63, 3.8) is 0 Å². The zero-order chi connectivity index (χ0) is 16.9. The minimum atomic E-state index is -0.355. The van der Waals surface area contributed by atoms with Crippen LogP contribution in [-0.2, 0) is 20.8 Å². The Labute approximate surface area is 137 Å². The molecule has 1 fully saturated rings. The molecule has 0 aromatic heterocycles. The van der Waals surface area contributed by atoms with E-state index in [9.17, 15) is 4.79 Å². The minimum absolute atomic E-state index is 0.167. The van der Waals surface area contributed by atoms with E-state index in [1.165, 1.54) is 6.08 Å². The van der Waals surface area contributed by atoms with Crippen molar-refractivity contribution in [2.75, 3.05) is 19.8 Å². The number of hydrogen-bond donors (Lipinski definition) is 0. The molecule has 1 aromatic rings. The third-order valence-electron chi connectivity index (χ3n) is 3.58. The summed E-state index contributed by atoms with van der Waals surface area (Å²) in [6.45, 7) is 9.33. The van der Waals surface area contributed by atoms with Crippen molar-refractivity contribution < 1.29 is 14.3 Å². The largest absolute Gasteiger partial charge is 0.376 e. The molecular formula is C18H22N2O3. The zero-order valence-corrected chi connectivity index (χ0v) is 13.6. The van der Waals surface area contributed by atoms with Crippen LogP contribution in [0.2, 0.25) is 0 Å². The number of hydrogen-bond acceptors (Lipinski definition) is 4. The van der Waals surface area contributed by atoms with Gasteiger partial charge < -0.3 is 14.4 Å². The molecule has 1 aliphatic rings. The topological polar surface area (TPSA) is 62.6 Å². The van der Waals surface area contributed by atoms with Gasteiger partial charge in [-0.25, -0.2) is 0 Å². The summed E-state index contributed by atoms with van der Waals surface area (Å²) in [5.41, 5.74) is 1.12. The summed E-state index contributed by atoms with van der Waals surface area (Å²) >= 11 is 0. The van der Waals surface area contributed by atoms with Gasteiger partial charge in [-0.3, -0.25) is 4.79 Å². The zero-order valence-electron chi connectivity index (χ0n) is 13.6. The molecule has 1 atom stereocenters. The number of nitriles is 1. The summed E-state index contributed by atoms with van der Waals surface area (Å²) in [7, 11) is 0. The van der Waals surface area contributed by atoms with Gasteiger partial charge in [-0.1, -0.05) is 18.7 Å². The second kappa shape index (κ2) is 7.40. The molecule has 0 saturated carbocycles. The van der Waals surface area contributed by atoms with Crippen LogP contribution in [0, 0.1) is 11.3 Å². The van der Waals surface area contributed by atoms with Crippen LogP contribution in [0.3, 0.4) is 0 Å². The summed E-state index contributed by atoms with van der Waals surface area (Å²) in [6.07, 6.45) is 1.12. The minimum Gasteiger partial charge on any atom is -0.376 e. The molecule has 0 spiro atoms. The Bertz CT molecular complexity index is 619. The van der Waals surface area contributed by atoms with Gasteiger partial charge >= 0.3 is 0 Å². The Balaban J connectivity index is 2.09. The molecule has 23 heavy (non-hydrogen) atoms. The van der Waals surface area contributed by atoms with Crippen molar-refractivity contribution in [3.8, 4) is 6.07 Å². The average molecular weight is 314 g/mol. The first-order valence-electron chi connectivity index (χ1n) is 7.59. The van der Waals surface area contributed by atoms with Crippen molar-refractivity contribution in [1.82, 2.24) is 4.90 Å². The average Bonchev–Trinajstić information content (AvgIpc) is 2.52. The lowest BCUT2D eigenvalue weighted by molar-refractivity contribution is -0.188. The Morgan fingerprint density at radius 1 is 1.57 bits per heavy atom. The molecule has 1 amide bonds. The number of carbonyl (C=O) groups excluding carboxylic acids is 1. The Kier molecular flexibility index (Phi) is 5.54. The van der Waals surface area contributed by atoms with Gasteiger partial charge in [0.05, 0.1) is 36.6 Å². The first kappa shape index (κ1) is 17.2. The van der Waals surface area contributed by atoms with E-state index in [2.05, 4.69) is 12.6 Å². The Morgan fingerprint density at radius 2 is 2.35 bits per heavy atom. The SMILES string of the molecule is C=CC(=O)N(Cc1cccc(C#N)c1)CC1COCC(C)(C)O1. The van der Waals surface area contributed by atoms with Crippen LogP contribution in [0.5, 0.6) is 0 Å². The predicted molar refractivity (Wildman–Crippen MR) is 86.5 cm³/mol. The van der Waals surface area contributed by atoms with Crippen molar-refractivity contribution in [3.05, 3.63) is 48.0 Å². The van der Waals surface area contributed by atoms with Gasteiger partial charge in [0.1, 0.15) is 0 Å². The maximum atomic E-state index is 12.2. The quantitative estimate of drug-likeness (QED) is 0.782. The molecule has 2 rings (SSSR count). The van der Waals surface area contributed by atoms with Gasteiger partial charge in [-0.2, -0.15) is 5.26 Å². The molecule has 1 aromatic carbocycles. The van der Waals surface area contributed by atoms with Crippen LogP contribution in [0.1, 0.15) is 25.0 Å². The fourth-order valence-corrected chi connectivity index (χ4v) is 2.61. The van der Waals surface area contributed by atoms with E-state index in [-0.39, 0.29) is 17.6 Å². The van der Waals surface area contributed by atoms with E-state index in [1.807, 2.05) is 26.0 Å². The maximum absolute atomic E-state index is 12.2. The second-order valence-electron chi connectivity index (χ2n) is 6.25. The van der Waals surface area contributed by atoms with Crippen molar-refractivity contribution in [2.45, 2.75) is 32.1 Å². The van der Waals surface area contributed by atoms with E-state index in [0.29, 0.717) is 31.9 Å². The van der Waals surface area contributed by atoms with Crippen LogP contribution in [0.25, 0.3) is 0 Å². The van der Waals surface area contributed by atoms with Crippen molar-refractivity contribution >= 4 is 5.91 Å². The highest BCUT2D eigenvalue weighted by atomic mass is 16.6. The third-order valence-corrected chi connectivity index (χ3v) is 3.58. The van der Waals surface area contributed by atoms with Gasteiger partial charge in [-0.15, -0.1) is 0 Å². The summed E-state index contributed by atoms with van der Waals surface area (Å²) in [5, 5.41) is 8.99. The lowest BCUT2D eigenvalue weighted by Crippen LogP contribution is -2.48. The Morgan fingerprint density at radius 3 is 3.00 bits per heavy atom. The molecule has 0 N–H and O–H groups in total.